The molecule has 1 aromatic carbocycles. The first-order chi connectivity index (χ1) is 5.66. The zero-order chi connectivity index (χ0) is 9.14. The molecule has 0 heterocycles. The summed E-state index contributed by atoms with van der Waals surface area (Å²) in [5.74, 6) is -2.82. The molecular weight excluding hydrogens is 165 g/mol. The van der Waals surface area contributed by atoms with Crippen LogP contribution in [-0.4, -0.2) is 0 Å². The number of halogens is 3. The monoisotopic (exact) mass is 173 g/mol. The highest BCUT2D eigenvalue weighted by Crippen LogP contribution is 2.16. The average molecular weight is 173 g/mol. The third kappa shape index (κ3) is 1.60. The topological polar surface area (TPSA) is 0 Å². The van der Waals surface area contributed by atoms with E-state index in [2.05, 4.69) is 6.92 Å². The molecule has 0 spiro atoms. The minimum atomic E-state index is -1.10. The van der Waals surface area contributed by atoms with E-state index in [0.717, 1.165) is 12.1 Å². The largest absolute Gasteiger partial charge is 0.207 e. The van der Waals surface area contributed by atoms with Crippen LogP contribution in [0.2, 0.25) is 0 Å². The quantitative estimate of drug-likeness (QED) is 0.603. The Hall–Kier alpha value is -0.990. The van der Waals surface area contributed by atoms with Gasteiger partial charge in [-0.1, -0.05) is 6.92 Å². The highest BCUT2D eigenvalue weighted by atomic mass is 19.2. The fourth-order valence-corrected chi connectivity index (χ4v) is 0.975. The van der Waals surface area contributed by atoms with Crippen molar-refractivity contribution >= 4 is 0 Å². The molecule has 0 aliphatic carbocycles. The van der Waals surface area contributed by atoms with Gasteiger partial charge in [-0.15, -0.1) is 0 Å². The standard InChI is InChI=1S/C9H8F3/c1-2-3-6-7(10)4-5-8(11)9(6)12/h4-5H,1-3H2. The van der Waals surface area contributed by atoms with Gasteiger partial charge in [0.2, 0.25) is 0 Å². The van der Waals surface area contributed by atoms with Gasteiger partial charge < -0.3 is 0 Å². The molecule has 1 radical (unpaired) electrons. The molecule has 0 saturated carbocycles. The maximum atomic E-state index is 12.8. The third-order valence-electron chi connectivity index (χ3n) is 1.57. The van der Waals surface area contributed by atoms with Crippen molar-refractivity contribution in [1.29, 1.82) is 0 Å². The molecule has 12 heavy (non-hydrogen) atoms. The number of benzene rings is 1. The number of hydrogen-bond acceptors (Lipinski definition) is 0. The molecule has 65 valence electrons. The van der Waals surface area contributed by atoms with Crippen molar-refractivity contribution in [1.82, 2.24) is 0 Å². The summed E-state index contributed by atoms with van der Waals surface area (Å²) in [6.07, 6.45) is 0.465. The molecule has 0 aliphatic rings. The SMILES string of the molecule is [CH2]CCc1c(F)ccc(F)c1F. The van der Waals surface area contributed by atoms with Crippen LogP contribution in [-0.2, 0) is 6.42 Å². The Morgan fingerprint density at radius 2 is 1.67 bits per heavy atom. The van der Waals surface area contributed by atoms with Gasteiger partial charge in [0.15, 0.2) is 11.6 Å². The second-order valence-corrected chi connectivity index (χ2v) is 2.43. The van der Waals surface area contributed by atoms with E-state index < -0.39 is 17.5 Å². The lowest BCUT2D eigenvalue weighted by Crippen LogP contribution is -1.98. The zero-order valence-electron chi connectivity index (χ0n) is 6.41. The summed E-state index contributed by atoms with van der Waals surface area (Å²) in [4.78, 5) is 0. The predicted octanol–water partition coefficient (Wildman–Crippen LogP) is 2.87. The molecule has 3 heteroatoms. The van der Waals surface area contributed by atoms with Gasteiger partial charge in [-0.05, 0) is 25.0 Å². The second-order valence-electron chi connectivity index (χ2n) is 2.43. The third-order valence-corrected chi connectivity index (χ3v) is 1.57. The fraction of sp³-hybridized carbons (Fsp3) is 0.222. The van der Waals surface area contributed by atoms with Crippen molar-refractivity contribution in [3.63, 3.8) is 0 Å². The van der Waals surface area contributed by atoms with Crippen molar-refractivity contribution in [3.8, 4) is 0 Å². The van der Waals surface area contributed by atoms with E-state index in [9.17, 15) is 13.2 Å². The van der Waals surface area contributed by atoms with Crippen LogP contribution in [0.25, 0.3) is 0 Å². The lowest BCUT2D eigenvalue weighted by molar-refractivity contribution is 0.479. The van der Waals surface area contributed by atoms with Crippen LogP contribution in [0.1, 0.15) is 12.0 Å². The predicted molar refractivity (Wildman–Crippen MR) is 40.0 cm³/mol. The molecule has 0 nitrogen and oxygen atoms in total. The highest BCUT2D eigenvalue weighted by molar-refractivity contribution is 5.21. The molecule has 0 aromatic heterocycles. The van der Waals surface area contributed by atoms with Gasteiger partial charge in [0, 0.05) is 5.56 Å². The summed E-state index contributed by atoms with van der Waals surface area (Å²) in [6, 6.07) is 1.70. The van der Waals surface area contributed by atoms with Crippen LogP contribution in [0.3, 0.4) is 0 Å². The Morgan fingerprint density at radius 3 is 2.25 bits per heavy atom. The molecule has 1 rings (SSSR count). The van der Waals surface area contributed by atoms with Crippen LogP contribution in [0, 0.1) is 24.4 Å². The summed E-state index contributed by atoms with van der Waals surface area (Å²) >= 11 is 0. The Morgan fingerprint density at radius 1 is 1.08 bits per heavy atom. The molecule has 0 N–H and O–H groups in total. The summed E-state index contributed by atoms with van der Waals surface area (Å²) in [5, 5.41) is 0. The van der Waals surface area contributed by atoms with Crippen LogP contribution in [0.4, 0.5) is 13.2 Å². The summed E-state index contributed by atoms with van der Waals surface area (Å²) < 4.78 is 38.1. The van der Waals surface area contributed by atoms with Gasteiger partial charge in [-0.2, -0.15) is 0 Å². The zero-order valence-corrected chi connectivity index (χ0v) is 6.41. The van der Waals surface area contributed by atoms with Crippen molar-refractivity contribution in [2.24, 2.45) is 0 Å². The van der Waals surface area contributed by atoms with Gasteiger partial charge >= 0.3 is 0 Å². The maximum Gasteiger partial charge on any atom is 0.164 e. The van der Waals surface area contributed by atoms with E-state index in [0.29, 0.717) is 6.42 Å². The molecule has 0 unspecified atom stereocenters. The Kier molecular flexibility index (Phi) is 2.74. The van der Waals surface area contributed by atoms with Gasteiger partial charge in [-0.25, -0.2) is 13.2 Å². The molecule has 0 saturated heterocycles. The van der Waals surface area contributed by atoms with Gasteiger partial charge in [-0.3, -0.25) is 0 Å². The van der Waals surface area contributed by atoms with E-state index >= 15 is 0 Å². The smallest absolute Gasteiger partial charge is 0.164 e. The summed E-state index contributed by atoms with van der Waals surface area (Å²) in [7, 11) is 0. The van der Waals surface area contributed by atoms with E-state index in [4.69, 9.17) is 0 Å². The molecule has 0 amide bonds. The minimum absolute atomic E-state index is 0.120. The van der Waals surface area contributed by atoms with E-state index in [1.54, 1.807) is 0 Å². The van der Waals surface area contributed by atoms with E-state index in [-0.39, 0.29) is 12.0 Å². The average Bonchev–Trinajstić information content (AvgIpc) is 2.06. The van der Waals surface area contributed by atoms with Crippen LogP contribution < -0.4 is 0 Å². The first kappa shape index (κ1) is 9.10. The Bertz CT molecular complexity index is 281. The molecule has 0 bridgehead atoms. The summed E-state index contributed by atoms with van der Waals surface area (Å²) in [6.45, 7) is 3.44. The number of rotatable bonds is 2. The molecular formula is C9H8F3. The molecule has 0 atom stereocenters. The second kappa shape index (κ2) is 3.61. The first-order valence-corrected chi connectivity index (χ1v) is 3.58. The first-order valence-electron chi connectivity index (χ1n) is 3.58. The molecule has 1 aromatic rings. The lowest BCUT2D eigenvalue weighted by Gasteiger charge is -2.02. The van der Waals surface area contributed by atoms with Crippen molar-refractivity contribution < 1.29 is 13.2 Å². The molecule has 0 aliphatic heterocycles. The van der Waals surface area contributed by atoms with E-state index in [1.807, 2.05) is 0 Å². The Labute approximate surface area is 69.0 Å². The van der Waals surface area contributed by atoms with Crippen LogP contribution in [0.5, 0.6) is 0 Å². The minimum Gasteiger partial charge on any atom is -0.207 e. The fourth-order valence-electron chi connectivity index (χ4n) is 0.975. The van der Waals surface area contributed by atoms with Crippen LogP contribution in [0.15, 0.2) is 12.1 Å². The van der Waals surface area contributed by atoms with E-state index in [1.165, 1.54) is 0 Å². The van der Waals surface area contributed by atoms with Gasteiger partial charge in [0.1, 0.15) is 5.82 Å². The molecule has 0 fully saturated rings. The van der Waals surface area contributed by atoms with Gasteiger partial charge in [0.05, 0.1) is 0 Å². The van der Waals surface area contributed by atoms with Crippen molar-refractivity contribution in [2.45, 2.75) is 12.8 Å². The Balaban J connectivity index is 3.14. The van der Waals surface area contributed by atoms with Gasteiger partial charge in [0.25, 0.3) is 0 Å². The van der Waals surface area contributed by atoms with Crippen LogP contribution >= 0.6 is 0 Å². The van der Waals surface area contributed by atoms with Crippen molar-refractivity contribution in [3.05, 3.63) is 42.1 Å². The number of hydrogen-bond donors (Lipinski definition) is 0. The normalized spacial score (nSPS) is 10.3. The van der Waals surface area contributed by atoms with Crippen molar-refractivity contribution in [2.75, 3.05) is 0 Å². The lowest BCUT2D eigenvalue weighted by atomic mass is 10.1. The summed E-state index contributed by atoms with van der Waals surface area (Å²) in [5.41, 5.74) is -0.218. The maximum absolute atomic E-state index is 12.8. The highest BCUT2D eigenvalue weighted by Gasteiger charge is 2.11.